The molecule has 0 radical (unpaired) electrons. The van der Waals surface area contributed by atoms with Crippen molar-refractivity contribution in [2.45, 2.75) is 53.5 Å². The number of pyridine rings is 1. The van der Waals surface area contributed by atoms with E-state index in [9.17, 15) is 49.2 Å². The van der Waals surface area contributed by atoms with Gasteiger partial charge in [-0.3, -0.25) is 33.8 Å². The van der Waals surface area contributed by atoms with Gasteiger partial charge in [-0.1, -0.05) is 29.1 Å². The van der Waals surface area contributed by atoms with Crippen LogP contribution < -0.4 is 35.7 Å². The highest BCUT2D eigenvalue weighted by Crippen LogP contribution is 2.54. The molecule has 1 saturated carbocycles. The number of thiazole rings is 1. The Kier molecular flexibility index (Phi) is 15.1. The van der Waals surface area contributed by atoms with Crippen molar-refractivity contribution in [2.75, 3.05) is 51.2 Å². The van der Waals surface area contributed by atoms with Crippen molar-refractivity contribution in [2.24, 2.45) is 29.8 Å². The second-order valence-electron chi connectivity index (χ2n) is 19.5. The second kappa shape index (κ2) is 21.7. The Labute approximate surface area is 472 Å². The Morgan fingerprint density at radius 2 is 1.79 bits per heavy atom. The number of aliphatic hydroxyl groups excluding tert-OH is 3. The number of carbonyl (C=O) groups excluding carboxylic acids is 6. The molecule has 0 bridgehead atoms. The van der Waals surface area contributed by atoms with E-state index < -0.39 is 93.5 Å². The van der Waals surface area contributed by atoms with Gasteiger partial charge in [0.1, 0.15) is 64.9 Å². The van der Waals surface area contributed by atoms with Gasteiger partial charge < -0.3 is 56.4 Å². The van der Waals surface area contributed by atoms with Crippen LogP contribution in [0.3, 0.4) is 0 Å². The van der Waals surface area contributed by atoms with Gasteiger partial charge >= 0.3 is 5.97 Å². The number of nitrogens with zero attached hydrogens (tertiary/aromatic N) is 8. The minimum atomic E-state index is -2.85. The third-order valence-corrected chi connectivity index (χ3v) is 18.3. The van der Waals surface area contributed by atoms with E-state index in [0.717, 1.165) is 17.1 Å². The molecule has 80 heavy (non-hydrogen) atoms. The minimum Gasteiger partial charge on any atom is -0.508 e. The molecule has 0 spiro atoms. The summed E-state index contributed by atoms with van der Waals surface area (Å²) in [5, 5.41) is 56.0. The number of aliphatic hydroxyl groups is 4. The Hall–Kier alpha value is -7.73. The molecule has 416 valence electrons. The van der Waals surface area contributed by atoms with Gasteiger partial charge in [-0.15, -0.1) is 23.1 Å². The lowest BCUT2D eigenvalue weighted by atomic mass is 9.57. The molecule has 24 nitrogen and oxygen atoms in total. The highest BCUT2D eigenvalue weighted by molar-refractivity contribution is 8.07. The number of ether oxygens (including phenoxy) is 2. The summed E-state index contributed by atoms with van der Waals surface area (Å²) in [6, 6.07) is 10.3. The maximum Gasteiger partial charge on any atom is 0.347 e. The minimum absolute atomic E-state index is 0.0154. The fourth-order valence-electron chi connectivity index (χ4n) is 10.6. The zero-order valence-corrected chi connectivity index (χ0v) is 46.7. The number of primary amides is 1. The fraction of sp³-hybridized carbons (Fsp3) is 0.327. The summed E-state index contributed by atoms with van der Waals surface area (Å²) in [5.41, 5.74) is 9.22. The highest BCUT2D eigenvalue weighted by Gasteiger charge is 2.64. The number of nitrogen functional groups attached to an aromatic ring is 1. The lowest BCUT2D eigenvalue weighted by Gasteiger charge is -2.50. The van der Waals surface area contributed by atoms with Crippen LogP contribution in [0.1, 0.15) is 40.7 Å². The summed E-state index contributed by atoms with van der Waals surface area (Å²) >= 11 is 4.70. The van der Waals surface area contributed by atoms with Crippen molar-refractivity contribution in [3.05, 3.63) is 116 Å². The first kappa shape index (κ1) is 55.6. The first-order valence-electron chi connectivity index (χ1n) is 24.6. The van der Waals surface area contributed by atoms with Gasteiger partial charge in [-0.05, 0) is 69.6 Å². The SMILES string of the molecule is CCO/N=C(/C(=O)N[C@H]1C(=O)N2C(C(O)Oc3ccccc3C(=O)Oc3ccc(N(C)C)c4c3C(O)=C3C(=O)[C@@]5(O)C(O)=C(C(N)=O)C(=O)[C@H](N(C)C)[C@H]5C[C@H]3C4)=C(Sc3nc(-c4cc[n+](C)cc4)cs3)CSC12)c1nsc(N)n1. The summed E-state index contributed by atoms with van der Waals surface area (Å²) < 4.78 is 18.9. The molecule has 2 aromatic carbocycles. The van der Waals surface area contributed by atoms with E-state index in [2.05, 4.69) is 19.8 Å². The average Bonchev–Trinajstić information content (AvgIpc) is 4.07. The van der Waals surface area contributed by atoms with Crippen molar-refractivity contribution < 1.29 is 68.1 Å². The van der Waals surface area contributed by atoms with Gasteiger partial charge in [0.25, 0.3) is 17.7 Å². The number of β-lactam (4-membered cyclic amide) rings is 1. The topological polar surface area (TPSA) is 340 Å². The number of benzene rings is 2. The van der Waals surface area contributed by atoms with E-state index in [4.69, 9.17) is 30.8 Å². The number of Topliss-reactive ketones (excluding diaryl/α,β-unsaturated/α-hetero) is 2. The number of esters is 1. The van der Waals surface area contributed by atoms with Gasteiger partial charge in [-0.25, -0.2) is 14.3 Å². The van der Waals surface area contributed by atoms with Crippen molar-refractivity contribution in [1.29, 1.82) is 0 Å². The smallest absolute Gasteiger partial charge is 0.347 e. The van der Waals surface area contributed by atoms with Crippen LogP contribution in [0.4, 0.5) is 10.8 Å². The summed E-state index contributed by atoms with van der Waals surface area (Å²) in [6.07, 6.45) is 1.78. The molecule has 2 fully saturated rings. The highest BCUT2D eigenvalue weighted by atomic mass is 32.2. The molecule has 28 heteroatoms. The predicted molar refractivity (Wildman–Crippen MR) is 294 cm³/mol. The standard InChI is InChI=1S/C52H51N11O13S4/c1-7-74-58-35(44-57-50(54)80-59-44)45(69)56-36-46(70)63-38(31(21-77-47(36)63)79-51-55-27(20-78-51)22-14-16-62(6)17-15-22)49(72)75-29-11-9-8-10-24(29)48(71)76-30-13-12-28(60(2)3)25-18-23-19-26-37(61(4)5)40(65)34(43(53)68)42(67)52(26,73)41(66)32(23)39(64)33(25)30/h8-17,20,23,26,36-37,47,49,72-73H,7,18-19,21H2,1-6H3,(H6-,53,54,56,57,59,64,65,66,67,68,69)/p+1/b58-35+/t23-,26-,36+,37-,47?,49?,52-/m1/s1. The van der Waals surface area contributed by atoms with E-state index >= 15 is 0 Å². The molecule has 5 aliphatic rings. The average molecular weight is 1170 g/mol. The maximum atomic E-state index is 14.7. The van der Waals surface area contributed by atoms with Crippen LogP contribution in [-0.2, 0) is 42.3 Å². The van der Waals surface area contributed by atoms with E-state index in [1.54, 1.807) is 38.1 Å². The number of para-hydroxylation sites is 1. The van der Waals surface area contributed by atoms with E-state index in [0.29, 0.717) is 26.2 Å². The molecule has 9 N–H and O–H groups in total. The number of hydrogen-bond donors (Lipinski definition) is 7. The lowest BCUT2D eigenvalue weighted by molar-refractivity contribution is -0.671. The van der Waals surface area contributed by atoms with Crippen LogP contribution in [-0.4, -0.2) is 155 Å². The fourth-order valence-corrected chi connectivity index (χ4v) is 14.5. The maximum absolute atomic E-state index is 14.7. The quantitative estimate of drug-likeness (QED) is 0.0109. The van der Waals surface area contributed by atoms with Crippen LogP contribution >= 0.6 is 46.4 Å². The van der Waals surface area contributed by atoms with Crippen LogP contribution in [0.25, 0.3) is 17.0 Å². The van der Waals surface area contributed by atoms with Crippen LogP contribution in [0.15, 0.2) is 103 Å². The monoisotopic (exact) mass is 1170 g/mol. The molecule has 5 aromatic rings. The van der Waals surface area contributed by atoms with Crippen molar-refractivity contribution in [3.8, 4) is 22.8 Å². The van der Waals surface area contributed by atoms with E-state index in [1.165, 1.54) is 83.0 Å². The number of aromatic nitrogens is 4. The second-order valence-corrected chi connectivity index (χ2v) is 23.6. The Morgan fingerprint density at radius 3 is 2.46 bits per heavy atom. The Morgan fingerprint density at radius 1 is 1.05 bits per heavy atom. The number of amides is 3. The number of anilines is 2. The first-order valence-corrected chi connectivity index (χ1v) is 28.2. The Balaban J connectivity index is 0.969. The van der Waals surface area contributed by atoms with Gasteiger partial charge in [0.15, 0.2) is 33.2 Å². The summed E-state index contributed by atoms with van der Waals surface area (Å²) in [5.74, 6) is -10.1. The number of oxime groups is 1. The molecule has 5 heterocycles. The third kappa shape index (κ3) is 9.61. The molecule has 2 aliphatic heterocycles. The number of fused-ring (bicyclic) bond motifs is 4. The molecule has 3 aromatic heterocycles. The Bertz CT molecular complexity index is 3560. The zero-order valence-electron chi connectivity index (χ0n) is 43.5. The molecule has 10 rings (SSSR count). The van der Waals surface area contributed by atoms with Gasteiger partial charge in [-0.2, -0.15) is 9.36 Å². The molecule has 2 unspecified atom stereocenters. The number of ketones is 2. The lowest BCUT2D eigenvalue weighted by Crippen LogP contribution is -2.71. The number of rotatable bonds is 16. The van der Waals surface area contributed by atoms with Crippen molar-refractivity contribution in [1.82, 2.24) is 29.5 Å². The molecular formula is C52H52N11O13S4+. The summed E-state index contributed by atoms with van der Waals surface area (Å²) in [7, 11) is 8.44. The van der Waals surface area contributed by atoms with E-state index in [-0.39, 0.29) is 75.8 Å². The van der Waals surface area contributed by atoms with E-state index in [1.807, 2.05) is 41.5 Å². The van der Waals surface area contributed by atoms with Crippen LogP contribution in [0.5, 0.6) is 11.5 Å². The normalized spacial score (nSPS) is 23.0. The number of likely N-dealkylation sites (N-methyl/N-ethyl adjacent to an activating group) is 1. The van der Waals surface area contributed by atoms with Crippen molar-refractivity contribution >= 4 is 104 Å². The van der Waals surface area contributed by atoms with Crippen molar-refractivity contribution in [3.63, 3.8) is 0 Å². The van der Waals surface area contributed by atoms with Gasteiger partial charge in [0.2, 0.25) is 23.6 Å². The van der Waals surface area contributed by atoms with Crippen LogP contribution in [0, 0.1) is 11.8 Å². The molecule has 7 atom stereocenters. The summed E-state index contributed by atoms with van der Waals surface area (Å²) in [6.45, 7) is 1.78. The number of thioether (sulfide) groups is 2. The van der Waals surface area contributed by atoms with Gasteiger partial charge in [0.05, 0.1) is 17.3 Å². The molecule has 3 amide bonds. The van der Waals surface area contributed by atoms with Gasteiger partial charge in [0, 0.05) is 76.5 Å². The largest absolute Gasteiger partial charge is 0.508 e. The summed E-state index contributed by atoms with van der Waals surface area (Å²) in [4.78, 5) is 103. The molecular weight excluding hydrogens is 1110 g/mol. The number of nitrogens with one attached hydrogen (secondary N) is 1. The molecule has 1 saturated heterocycles. The number of hydrogen-bond acceptors (Lipinski definition) is 24. The predicted octanol–water partition coefficient (Wildman–Crippen LogP) is 2.47. The third-order valence-electron chi connectivity index (χ3n) is 14.2. The number of aryl methyl sites for hydroxylation is 1. The zero-order chi connectivity index (χ0) is 57.2. The van der Waals surface area contributed by atoms with Crippen LogP contribution in [0.2, 0.25) is 0 Å². The number of carbonyl (C=O) groups is 6. The number of nitrogens with two attached hydrogens (primary N) is 2. The first-order chi connectivity index (χ1) is 38.1. The molecule has 3 aliphatic carbocycles.